The third kappa shape index (κ3) is 3.23. The van der Waals surface area contributed by atoms with E-state index in [0.29, 0.717) is 11.7 Å². The molecule has 0 atom stereocenters. The van der Waals surface area contributed by atoms with Crippen LogP contribution in [0.4, 0.5) is 11.6 Å². The summed E-state index contributed by atoms with van der Waals surface area (Å²) in [6, 6.07) is 5.96. The number of likely N-dealkylation sites (N-methyl/N-ethyl adjacent to an activating group) is 1. The zero-order valence-electron chi connectivity index (χ0n) is 12.2. The Kier molecular flexibility index (Phi) is 4.50. The van der Waals surface area contributed by atoms with E-state index in [2.05, 4.69) is 33.7 Å². The van der Waals surface area contributed by atoms with Crippen LogP contribution in [0.15, 0.2) is 30.7 Å². The highest BCUT2D eigenvalue weighted by Gasteiger charge is 2.16. The fourth-order valence-corrected chi connectivity index (χ4v) is 2.19. The summed E-state index contributed by atoms with van der Waals surface area (Å²) in [5.41, 5.74) is 8.06. The van der Waals surface area contributed by atoms with Crippen LogP contribution in [0.3, 0.4) is 0 Å². The summed E-state index contributed by atoms with van der Waals surface area (Å²) in [4.78, 5) is 14.9. The van der Waals surface area contributed by atoms with Gasteiger partial charge in [0.05, 0.1) is 0 Å². The van der Waals surface area contributed by atoms with Gasteiger partial charge in [-0.1, -0.05) is 19.9 Å². The quantitative estimate of drug-likeness (QED) is 0.903. The Labute approximate surface area is 119 Å². The number of nitrogen functional groups attached to an aromatic ring is 1. The van der Waals surface area contributed by atoms with Gasteiger partial charge in [-0.2, -0.15) is 0 Å². The normalized spacial score (nSPS) is 10.8. The van der Waals surface area contributed by atoms with Crippen molar-refractivity contribution in [3.05, 3.63) is 42.0 Å². The van der Waals surface area contributed by atoms with E-state index in [4.69, 9.17) is 5.73 Å². The van der Waals surface area contributed by atoms with E-state index in [-0.39, 0.29) is 0 Å². The van der Waals surface area contributed by atoms with Gasteiger partial charge < -0.3 is 10.6 Å². The molecular formula is C15H21N5. The molecule has 0 saturated carbocycles. The topological polar surface area (TPSA) is 67.9 Å². The Morgan fingerprint density at radius 1 is 1.20 bits per heavy atom. The lowest BCUT2D eigenvalue weighted by Gasteiger charge is -2.23. The van der Waals surface area contributed by atoms with Gasteiger partial charge in [0.25, 0.3) is 0 Å². The van der Waals surface area contributed by atoms with Crippen LogP contribution in [-0.4, -0.2) is 28.5 Å². The predicted molar refractivity (Wildman–Crippen MR) is 81.7 cm³/mol. The molecule has 2 aromatic rings. The number of anilines is 2. The van der Waals surface area contributed by atoms with Gasteiger partial charge in [-0.3, -0.25) is 4.98 Å². The van der Waals surface area contributed by atoms with Gasteiger partial charge in [0.1, 0.15) is 18.0 Å². The SMILES string of the molecule is CC(C)c1c(N)ncnc1N(C)CCc1ccccn1. The van der Waals surface area contributed by atoms with E-state index in [1.54, 1.807) is 0 Å². The second-order valence-corrected chi connectivity index (χ2v) is 5.14. The summed E-state index contributed by atoms with van der Waals surface area (Å²) in [6.45, 7) is 5.05. The number of rotatable bonds is 5. The van der Waals surface area contributed by atoms with Crippen LogP contribution in [-0.2, 0) is 6.42 Å². The fraction of sp³-hybridized carbons (Fsp3) is 0.400. The highest BCUT2D eigenvalue weighted by Crippen LogP contribution is 2.28. The smallest absolute Gasteiger partial charge is 0.137 e. The van der Waals surface area contributed by atoms with Crippen molar-refractivity contribution >= 4 is 11.6 Å². The Morgan fingerprint density at radius 2 is 2.00 bits per heavy atom. The summed E-state index contributed by atoms with van der Waals surface area (Å²) < 4.78 is 0. The van der Waals surface area contributed by atoms with Gasteiger partial charge in [-0.15, -0.1) is 0 Å². The molecule has 2 N–H and O–H groups in total. The minimum atomic E-state index is 0.295. The van der Waals surface area contributed by atoms with E-state index in [9.17, 15) is 0 Å². The van der Waals surface area contributed by atoms with Crippen LogP contribution >= 0.6 is 0 Å². The van der Waals surface area contributed by atoms with Crippen LogP contribution < -0.4 is 10.6 Å². The molecule has 0 fully saturated rings. The van der Waals surface area contributed by atoms with E-state index in [1.165, 1.54) is 6.33 Å². The molecule has 0 aromatic carbocycles. The van der Waals surface area contributed by atoms with Gasteiger partial charge in [-0.05, 0) is 18.1 Å². The molecule has 0 radical (unpaired) electrons. The Bertz CT molecular complexity index is 553. The van der Waals surface area contributed by atoms with Crippen molar-refractivity contribution in [2.45, 2.75) is 26.2 Å². The van der Waals surface area contributed by atoms with Gasteiger partial charge in [-0.25, -0.2) is 9.97 Å². The van der Waals surface area contributed by atoms with Crippen molar-refractivity contribution < 1.29 is 0 Å². The predicted octanol–water partition coefficient (Wildman–Crippen LogP) is 2.26. The second kappa shape index (κ2) is 6.32. The first kappa shape index (κ1) is 14.2. The molecule has 2 heterocycles. The van der Waals surface area contributed by atoms with Gasteiger partial charge in [0, 0.05) is 37.5 Å². The van der Waals surface area contributed by atoms with Crippen molar-refractivity contribution in [2.24, 2.45) is 0 Å². The third-order valence-corrected chi connectivity index (χ3v) is 3.26. The van der Waals surface area contributed by atoms with Crippen LogP contribution in [0.1, 0.15) is 31.0 Å². The van der Waals surface area contributed by atoms with E-state index in [0.717, 1.165) is 30.0 Å². The molecule has 0 aliphatic heterocycles. The first-order valence-corrected chi connectivity index (χ1v) is 6.81. The molecule has 0 spiro atoms. The van der Waals surface area contributed by atoms with Crippen molar-refractivity contribution in [1.82, 2.24) is 15.0 Å². The molecule has 106 valence electrons. The number of hydrogen-bond donors (Lipinski definition) is 1. The molecule has 0 aliphatic carbocycles. The average molecular weight is 271 g/mol. The number of aromatic nitrogens is 3. The van der Waals surface area contributed by atoms with Gasteiger partial charge in [0.15, 0.2) is 0 Å². The molecule has 2 rings (SSSR count). The fourth-order valence-electron chi connectivity index (χ4n) is 2.19. The molecule has 0 saturated heterocycles. The zero-order chi connectivity index (χ0) is 14.5. The zero-order valence-corrected chi connectivity index (χ0v) is 12.2. The number of pyridine rings is 1. The van der Waals surface area contributed by atoms with Crippen molar-refractivity contribution in [2.75, 3.05) is 24.2 Å². The van der Waals surface area contributed by atoms with E-state index >= 15 is 0 Å². The molecule has 5 nitrogen and oxygen atoms in total. The maximum atomic E-state index is 5.98. The summed E-state index contributed by atoms with van der Waals surface area (Å²) in [7, 11) is 2.02. The summed E-state index contributed by atoms with van der Waals surface area (Å²) in [5.74, 6) is 1.77. The highest BCUT2D eigenvalue weighted by atomic mass is 15.2. The van der Waals surface area contributed by atoms with E-state index < -0.39 is 0 Å². The maximum Gasteiger partial charge on any atom is 0.137 e. The summed E-state index contributed by atoms with van der Waals surface area (Å²) in [6.07, 6.45) is 4.21. The van der Waals surface area contributed by atoms with Crippen molar-refractivity contribution in [3.63, 3.8) is 0 Å². The van der Waals surface area contributed by atoms with Crippen LogP contribution in [0.2, 0.25) is 0 Å². The lowest BCUT2D eigenvalue weighted by Crippen LogP contribution is -2.24. The first-order valence-electron chi connectivity index (χ1n) is 6.81. The lowest BCUT2D eigenvalue weighted by molar-refractivity contribution is 0.795. The Morgan fingerprint density at radius 3 is 2.65 bits per heavy atom. The molecule has 0 bridgehead atoms. The van der Waals surface area contributed by atoms with E-state index in [1.807, 2.05) is 31.4 Å². The molecule has 2 aromatic heterocycles. The Hall–Kier alpha value is -2.17. The maximum absolute atomic E-state index is 5.98. The van der Waals surface area contributed by atoms with Crippen LogP contribution in [0.25, 0.3) is 0 Å². The minimum Gasteiger partial charge on any atom is -0.383 e. The van der Waals surface area contributed by atoms with Crippen LogP contribution in [0.5, 0.6) is 0 Å². The lowest BCUT2D eigenvalue weighted by atomic mass is 10.0. The molecule has 0 amide bonds. The largest absolute Gasteiger partial charge is 0.383 e. The number of hydrogen-bond acceptors (Lipinski definition) is 5. The number of nitrogens with zero attached hydrogens (tertiary/aromatic N) is 4. The van der Waals surface area contributed by atoms with Gasteiger partial charge in [0.2, 0.25) is 0 Å². The molecule has 0 aliphatic rings. The monoisotopic (exact) mass is 271 g/mol. The summed E-state index contributed by atoms with van der Waals surface area (Å²) >= 11 is 0. The third-order valence-electron chi connectivity index (χ3n) is 3.26. The molecule has 20 heavy (non-hydrogen) atoms. The number of nitrogens with two attached hydrogens (primary N) is 1. The second-order valence-electron chi connectivity index (χ2n) is 5.14. The Balaban J connectivity index is 2.13. The molecule has 5 heteroatoms. The van der Waals surface area contributed by atoms with Crippen molar-refractivity contribution in [1.29, 1.82) is 0 Å². The van der Waals surface area contributed by atoms with Crippen LogP contribution in [0, 0.1) is 0 Å². The highest BCUT2D eigenvalue weighted by molar-refractivity contribution is 5.57. The summed E-state index contributed by atoms with van der Waals surface area (Å²) in [5, 5.41) is 0. The average Bonchev–Trinajstić information content (AvgIpc) is 2.45. The molecule has 0 unspecified atom stereocenters. The first-order chi connectivity index (χ1) is 9.59. The minimum absolute atomic E-state index is 0.295. The standard InChI is InChI=1S/C15H21N5/c1-11(2)13-14(16)18-10-19-15(13)20(3)9-7-12-6-4-5-8-17-12/h4-6,8,10-11H,7,9H2,1-3H3,(H2,16,18,19). The van der Waals surface area contributed by atoms with Crippen molar-refractivity contribution in [3.8, 4) is 0 Å². The van der Waals surface area contributed by atoms with Gasteiger partial charge >= 0.3 is 0 Å². The molecular weight excluding hydrogens is 250 g/mol.